The molecule has 0 spiro atoms. The Labute approximate surface area is 109 Å². The molecule has 1 aliphatic rings. The van der Waals surface area contributed by atoms with Crippen LogP contribution in [0.15, 0.2) is 24.3 Å². The number of imidazole rings is 1. The summed E-state index contributed by atoms with van der Waals surface area (Å²) < 4.78 is 12.9. The van der Waals surface area contributed by atoms with Crippen LogP contribution >= 0.6 is 0 Å². The summed E-state index contributed by atoms with van der Waals surface area (Å²) in [7, 11) is 0. The fourth-order valence-corrected chi connectivity index (χ4v) is 2.51. The Morgan fingerprint density at radius 1 is 1.37 bits per heavy atom. The molecular formula is C14H13FN2O2. The summed E-state index contributed by atoms with van der Waals surface area (Å²) in [6.07, 6.45) is 2.28. The molecule has 1 aromatic carbocycles. The van der Waals surface area contributed by atoms with Gasteiger partial charge in [0, 0.05) is 11.3 Å². The molecule has 1 aliphatic carbocycles. The molecule has 98 valence electrons. The van der Waals surface area contributed by atoms with Gasteiger partial charge in [0.05, 0.1) is 5.69 Å². The van der Waals surface area contributed by atoms with Crippen LogP contribution in [0.3, 0.4) is 0 Å². The topological polar surface area (TPSA) is 66.0 Å². The molecule has 0 aliphatic heterocycles. The summed E-state index contributed by atoms with van der Waals surface area (Å²) in [6, 6.07) is 6.00. The van der Waals surface area contributed by atoms with E-state index in [0.29, 0.717) is 17.9 Å². The van der Waals surface area contributed by atoms with E-state index in [0.717, 1.165) is 24.1 Å². The third-order valence-corrected chi connectivity index (χ3v) is 3.48. The highest BCUT2D eigenvalue weighted by molar-refractivity contribution is 5.76. The second-order valence-corrected chi connectivity index (χ2v) is 4.74. The van der Waals surface area contributed by atoms with Crippen molar-refractivity contribution in [1.29, 1.82) is 0 Å². The molecule has 1 heterocycles. The van der Waals surface area contributed by atoms with Crippen molar-refractivity contribution in [2.24, 2.45) is 0 Å². The van der Waals surface area contributed by atoms with Crippen molar-refractivity contribution in [2.75, 3.05) is 0 Å². The van der Waals surface area contributed by atoms with Crippen molar-refractivity contribution < 1.29 is 14.3 Å². The minimum absolute atomic E-state index is 0.302. The van der Waals surface area contributed by atoms with E-state index in [-0.39, 0.29) is 5.82 Å². The van der Waals surface area contributed by atoms with Crippen molar-refractivity contribution in [2.45, 2.75) is 25.2 Å². The molecule has 0 fully saturated rings. The number of benzene rings is 1. The Morgan fingerprint density at radius 2 is 2.11 bits per heavy atom. The molecule has 0 amide bonds. The molecular weight excluding hydrogens is 247 g/mol. The van der Waals surface area contributed by atoms with E-state index in [1.54, 1.807) is 12.1 Å². The van der Waals surface area contributed by atoms with Crippen molar-refractivity contribution in [3.05, 3.63) is 41.5 Å². The maximum atomic E-state index is 12.9. The van der Waals surface area contributed by atoms with Gasteiger partial charge in [-0.25, -0.2) is 9.37 Å². The number of nitrogens with one attached hydrogen (secondary N) is 1. The number of aryl methyl sites for hydroxylation is 1. The van der Waals surface area contributed by atoms with Gasteiger partial charge in [0.25, 0.3) is 0 Å². The normalized spacial score (nSPS) is 18.1. The number of carbonyl (C=O) groups is 1. The zero-order chi connectivity index (χ0) is 13.4. The highest BCUT2D eigenvalue weighted by atomic mass is 19.1. The molecule has 1 atom stereocenters. The number of aromatic amines is 1. The van der Waals surface area contributed by atoms with Crippen LogP contribution in [0.1, 0.15) is 30.1 Å². The first kappa shape index (κ1) is 11.9. The van der Waals surface area contributed by atoms with Crippen LogP contribution in [0, 0.1) is 5.82 Å². The fraction of sp³-hybridized carbons (Fsp3) is 0.286. The Bertz CT molecular complexity index is 619. The Morgan fingerprint density at radius 3 is 2.79 bits per heavy atom. The lowest BCUT2D eigenvalue weighted by atomic mass is 9.90. The molecule has 3 rings (SSSR count). The summed E-state index contributed by atoms with van der Waals surface area (Å²) in [5.74, 6) is -1.06. The number of carboxylic acids is 1. The van der Waals surface area contributed by atoms with Gasteiger partial charge < -0.3 is 10.1 Å². The zero-order valence-corrected chi connectivity index (χ0v) is 10.2. The second kappa shape index (κ2) is 4.50. The van der Waals surface area contributed by atoms with Gasteiger partial charge in [0.1, 0.15) is 17.6 Å². The predicted molar refractivity (Wildman–Crippen MR) is 67.3 cm³/mol. The third kappa shape index (κ3) is 2.12. The first-order valence-corrected chi connectivity index (χ1v) is 6.22. The average Bonchev–Trinajstić information content (AvgIpc) is 2.82. The largest absolute Gasteiger partial charge is 0.481 e. The van der Waals surface area contributed by atoms with Crippen molar-refractivity contribution in [3.63, 3.8) is 0 Å². The van der Waals surface area contributed by atoms with Crippen LogP contribution < -0.4 is 0 Å². The molecule has 0 saturated carbocycles. The summed E-state index contributed by atoms with van der Waals surface area (Å²) >= 11 is 0. The lowest BCUT2D eigenvalue weighted by Crippen LogP contribution is -2.17. The van der Waals surface area contributed by atoms with Crippen LogP contribution in [0.5, 0.6) is 0 Å². The van der Waals surface area contributed by atoms with Crippen molar-refractivity contribution in [3.8, 4) is 11.4 Å². The Balaban J connectivity index is 2.02. The molecule has 1 unspecified atom stereocenters. The van der Waals surface area contributed by atoms with Crippen LogP contribution in [-0.4, -0.2) is 21.0 Å². The zero-order valence-electron chi connectivity index (χ0n) is 10.2. The molecule has 0 bridgehead atoms. The van der Waals surface area contributed by atoms with Crippen LogP contribution in [0.25, 0.3) is 11.4 Å². The smallest absolute Gasteiger partial charge is 0.312 e. The van der Waals surface area contributed by atoms with Gasteiger partial charge in [-0.2, -0.15) is 0 Å². The second-order valence-electron chi connectivity index (χ2n) is 4.74. The lowest BCUT2D eigenvalue weighted by Gasteiger charge is -2.16. The summed E-state index contributed by atoms with van der Waals surface area (Å²) in [5.41, 5.74) is 2.27. The van der Waals surface area contributed by atoms with E-state index >= 15 is 0 Å². The number of hydrogen-bond acceptors (Lipinski definition) is 2. The maximum absolute atomic E-state index is 12.9. The summed E-state index contributed by atoms with van der Waals surface area (Å²) in [6.45, 7) is 0. The third-order valence-electron chi connectivity index (χ3n) is 3.48. The number of halogens is 1. The summed E-state index contributed by atoms with van der Waals surface area (Å²) in [5, 5.41) is 9.20. The van der Waals surface area contributed by atoms with E-state index < -0.39 is 11.9 Å². The van der Waals surface area contributed by atoms with Gasteiger partial charge in [-0.05, 0) is 43.5 Å². The maximum Gasteiger partial charge on any atom is 0.312 e. The molecule has 0 saturated heterocycles. The van der Waals surface area contributed by atoms with Crippen LogP contribution in [0.4, 0.5) is 4.39 Å². The standard InChI is InChI=1S/C14H13FN2O2/c15-9-6-4-8(5-7-9)13-16-11-3-1-2-10(14(18)19)12(11)17-13/h4-7,10H,1-3H2,(H,16,17)(H,18,19). The van der Waals surface area contributed by atoms with Crippen LogP contribution in [0.2, 0.25) is 0 Å². The Kier molecular flexibility index (Phi) is 2.81. The highest BCUT2D eigenvalue weighted by Gasteiger charge is 2.29. The SMILES string of the molecule is O=C(O)C1CCCc2[nH]c(-c3ccc(F)cc3)nc21. The first-order chi connectivity index (χ1) is 9.15. The highest BCUT2D eigenvalue weighted by Crippen LogP contribution is 2.32. The van der Waals surface area contributed by atoms with Gasteiger partial charge in [-0.1, -0.05) is 0 Å². The summed E-state index contributed by atoms with van der Waals surface area (Å²) in [4.78, 5) is 18.8. The number of nitrogens with zero attached hydrogens (tertiary/aromatic N) is 1. The molecule has 19 heavy (non-hydrogen) atoms. The van der Waals surface area contributed by atoms with Gasteiger partial charge >= 0.3 is 5.97 Å². The average molecular weight is 260 g/mol. The van der Waals surface area contributed by atoms with Crippen molar-refractivity contribution >= 4 is 5.97 Å². The monoisotopic (exact) mass is 260 g/mol. The molecule has 5 heteroatoms. The quantitative estimate of drug-likeness (QED) is 0.872. The van der Waals surface area contributed by atoms with E-state index in [9.17, 15) is 14.3 Å². The molecule has 2 aromatic rings. The van der Waals surface area contributed by atoms with E-state index in [4.69, 9.17) is 0 Å². The molecule has 2 N–H and O–H groups in total. The number of aliphatic carboxylic acids is 1. The minimum atomic E-state index is -0.835. The number of H-pyrrole nitrogens is 1. The first-order valence-electron chi connectivity index (χ1n) is 6.22. The van der Waals surface area contributed by atoms with E-state index in [1.165, 1.54) is 12.1 Å². The van der Waals surface area contributed by atoms with Gasteiger partial charge in [0.2, 0.25) is 0 Å². The fourth-order valence-electron chi connectivity index (χ4n) is 2.51. The number of aromatic nitrogens is 2. The number of carboxylic acid groups (broad SMARTS) is 1. The Hall–Kier alpha value is -2.17. The molecule has 1 aromatic heterocycles. The molecule has 4 nitrogen and oxygen atoms in total. The van der Waals surface area contributed by atoms with E-state index in [2.05, 4.69) is 9.97 Å². The van der Waals surface area contributed by atoms with Crippen molar-refractivity contribution in [1.82, 2.24) is 9.97 Å². The predicted octanol–water partition coefficient (Wildman–Crippen LogP) is 2.72. The lowest BCUT2D eigenvalue weighted by molar-refractivity contribution is -0.139. The number of hydrogen-bond donors (Lipinski definition) is 2. The number of fused-ring (bicyclic) bond motifs is 1. The minimum Gasteiger partial charge on any atom is -0.481 e. The van der Waals surface area contributed by atoms with Crippen LogP contribution in [-0.2, 0) is 11.2 Å². The van der Waals surface area contributed by atoms with Gasteiger partial charge in [0.15, 0.2) is 0 Å². The van der Waals surface area contributed by atoms with Gasteiger partial charge in [-0.15, -0.1) is 0 Å². The van der Waals surface area contributed by atoms with E-state index in [1.807, 2.05) is 0 Å². The number of rotatable bonds is 2. The van der Waals surface area contributed by atoms with Gasteiger partial charge in [-0.3, -0.25) is 4.79 Å². The molecule has 0 radical (unpaired) electrons.